The van der Waals surface area contributed by atoms with Crippen molar-refractivity contribution in [2.75, 3.05) is 5.32 Å². The van der Waals surface area contributed by atoms with Gasteiger partial charge in [0.15, 0.2) is 0 Å². The molecule has 31 heavy (non-hydrogen) atoms. The Kier molecular flexibility index (Phi) is 6.38. The van der Waals surface area contributed by atoms with Crippen molar-refractivity contribution in [1.29, 1.82) is 0 Å². The first kappa shape index (κ1) is 21.5. The van der Waals surface area contributed by atoms with Crippen LogP contribution in [0.2, 0.25) is 9.36 Å². The molecule has 2 amide bonds. The van der Waals surface area contributed by atoms with Crippen LogP contribution >= 0.6 is 45.9 Å². The SMILES string of the molecule is C/C(=N\NC(=O)c1sc2ccccc2c1Cl)c1ccc(NC(=O)c2ccc(Cl)s2)cc1. The maximum atomic E-state index is 12.5. The van der Waals surface area contributed by atoms with E-state index in [1.54, 1.807) is 31.2 Å². The highest BCUT2D eigenvalue weighted by molar-refractivity contribution is 7.21. The lowest BCUT2D eigenvalue weighted by Gasteiger charge is -2.06. The van der Waals surface area contributed by atoms with E-state index in [0.717, 1.165) is 15.6 Å². The Hall–Kier alpha value is -2.71. The molecule has 5 nitrogen and oxygen atoms in total. The van der Waals surface area contributed by atoms with Gasteiger partial charge >= 0.3 is 0 Å². The summed E-state index contributed by atoms with van der Waals surface area (Å²) in [7, 11) is 0. The Labute approximate surface area is 196 Å². The highest BCUT2D eigenvalue weighted by atomic mass is 35.5. The summed E-state index contributed by atoms with van der Waals surface area (Å²) in [6, 6.07) is 18.1. The summed E-state index contributed by atoms with van der Waals surface area (Å²) in [5.74, 6) is -0.577. The van der Waals surface area contributed by atoms with Crippen LogP contribution in [0.3, 0.4) is 0 Å². The van der Waals surface area contributed by atoms with Crippen LogP contribution in [-0.4, -0.2) is 17.5 Å². The van der Waals surface area contributed by atoms with Gasteiger partial charge in [0.2, 0.25) is 0 Å². The van der Waals surface area contributed by atoms with Crippen LogP contribution < -0.4 is 10.7 Å². The fourth-order valence-corrected chi connectivity index (χ4v) is 5.18. The van der Waals surface area contributed by atoms with Crippen molar-refractivity contribution in [2.45, 2.75) is 6.92 Å². The second kappa shape index (κ2) is 9.20. The molecule has 0 aliphatic carbocycles. The molecular weight excluding hydrogens is 473 g/mol. The van der Waals surface area contributed by atoms with Gasteiger partial charge in [-0.05, 0) is 42.8 Å². The van der Waals surface area contributed by atoms with Gasteiger partial charge in [0, 0.05) is 15.8 Å². The first-order valence-corrected chi connectivity index (χ1v) is 11.5. The molecule has 0 spiro atoms. The van der Waals surface area contributed by atoms with Crippen molar-refractivity contribution < 1.29 is 9.59 Å². The minimum Gasteiger partial charge on any atom is -0.321 e. The molecule has 9 heteroatoms. The van der Waals surface area contributed by atoms with Crippen LogP contribution in [0.5, 0.6) is 0 Å². The first-order chi connectivity index (χ1) is 14.9. The summed E-state index contributed by atoms with van der Waals surface area (Å²) >= 11 is 14.8. The number of nitrogens with one attached hydrogen (secondary N) is 2. The van der Waals surface area contributed by atoms with Gasteiger partial charge in [0.05, 0.1) is 19.9 Å². The Bertz CT molecular complexity index is 1310. The van der Waals surface area contributed by atoms with Gasteiger partial charge < -0.3 is 5.32 Å². The van der Waals surface area contributed by atoms with Crippen LogP contribution in [-0.2, 0) is 0 Å². The number of carbonyl (C=O) groups is 2. The number of hydrazone groups is 1. The molecular formula is C22H15Cl2N3O2S2. The van der Waals surface area contributed by atoms with Crippen molar-refractivity contribution in [3.63, 3.8) is 0 Å². The van der Waals surface area contributed by atoms with Crippen LogP contribution in [0.4, 0.5) is 5.69 Å². The minimum atomic E-state index is -0.357. The summed E-state index contributed by atoms with van der Waals surface area (Å²) in [5, 5.41) is 8.28. The summed E-state index contributed by atoms with van der Waals surface area (Å²) in [5.41, 5.74) is 4.63. The van der Waals surface area contributed by atoms with Crippen molar-refractivity contribution in [2.24, 2.45) is 5.10 Å². The molecule has 2 N–H and O–H groups in total. The molecule has 0 bridgehead atoms. The average molecular weight is 488 g/mol. The van der Waals surface area contributed by atoms with Gasteiger partial charge in [0.1, 0.15) is 4.88 Å². The predicted octanol–water partition coefficient (Wildman–Crippen LogP) is 6.68. The lowest BCUT2D eigenvalue weighted by atomic mass is 10.1. The second-order valence-corrected chi connectivity index (χ2v) is 9.66. The van der Waals surface area contributed by atoms with Gasteiger partial charge in [0.25, 0.3) is 11.8 Å². The number of fused-ring (bicyclic) bond motifs is 1. The van der Waals surface area contributed by atoms with E-state index in [1.807, 2.05) is 36.4 Å². The molecule has 0 fully saturated rings. The summed E-state index contributed by atoms with van der Waals surface area (Å²) in [6.07, 6.45) is 0. The van der Waals surface area contributed by atoms with E-state index >= 15 is 0 Å². The number of thiophene rings is 2. The zero-order chi connectivity index (χ0) is 22.0. The van der Waals surface area contributed by atoms with Gasteiger partial charge in [-0.3, -0.25) is 9.59 Å². The third kappa shape index (κ3) is 4.80. The predicted molar refractivity (Wildman–Crippen MR) is 130 cm³/mol. The molecule has 0 unspecified atom stereocenters. The third-order valence-electron chi connectivity index (χ3n) is 4.42. The quantitative estimate of drug-likeness (QED) is 0.243. The number of nitrogens with zero attached hydrogens (tertiary/aromatic N) is 1. The zero-order valence-electron chi connectivity index (χ0n) is 16.1. The molecule has 0 atom stereocenters. The monoisotopic (exact) mass is 487 g/mol. The molecule has 2 heterocycles. The number of hydrogen-bond donors (Lipinski definition) is 2. The van der Waals surface area contributed by atoms with Crippen LogP contribution in [0, 0.1) is 0 Å². The number of carbonyl (C=O) groups excluding carboxylic acids is 2. The van der Waals surface area contributed by atoms with Gasteiger partial charge in [-0.15, -0.1) is 22.7 Å². The van der Waals surface area contributed by atoms with E-state index in [9.17, 15) is 9.59 Å². The van der Waals surface area contributed by atoms with Gasteiger partial charge in [-0.2, -0.15) is 5.10 Å². The first-order valence-electron chi connectivity index (χ1n) is 9.11. The van der Waals surface area contributed by atoms with E-state index in [1.165, 1.54) is 22.7 Å². The van der Waals surface area contributed by atoms with E-state index in [4.69, 9.17) is 23.2 Å². The van der Waals surface area contributed by atoms with Gasteiger partial charge in [-0.25, -0.2) is 5.43 Å². The zero-order valence-corrected chi connectivity index (χ0v) is 19.3. The van der Waals surface area contributed by atoms with Crippen LogP contribution in [0.25, 0.3) is 10.1 Å². The summed E-state index contributed by atoms with van der Waals surface area (Å²) in [4.78, 5) is 25.7. The maximum Gasteiger partial charge on any atom is 0.283 e. The summed E-state index contributed by atoms with van der Waals surface area (Å²) in [6.45, 7) is 1.79. The third-order valence-corrected chi connectivity index (χ3v) is 7.33. The molecule has 4 aromatic rings. The van der Waals surface area contributed by atoms with Crippen LogP contribution in [0.1, 0.15) is 31.8 Å². The number of benzene rings is 2. The molecule has 2 aromatic heterocycles. The minimum absolute atomic E-state index is 0.220. The molecule has 0 aliphatic heterocycles. The Morgan fingerprint density at radius 1 is 0.903 bits per heavy atom. The lowest BCUT2D eigenvalue weighted by molar-refractivity contribution is 0.0958. The number of hydrogen-bond acceptors (Lipinski definition) is 5. The number of anilines is 1. The standard InChI is InChI=1S/C22H15Cl2N3O2S2/c1-12(26-27-22(29)20-19(24)15-4-2-3-5-16(15)31-20)13-6-8-14(9-7-13)25-21(28)17-10-11-18(23)30-17/h2-11H,1H3,(H,25,28)(H,27,29)/b26-12+. The Morgan fingerprint density at radius 3 is 2.32 bits per heavy atom. The molecule has 0 saturated heterocycles. The fourth-order valence-electron chi connectivity index (χ4n) is 2.83. The number of rotatable bonds is 5. The molecule has 2 aromatic carbocycles. The highest BCUT2D eigenvalue weighted by Gasteiger charge is 2.16. The van der Waals surface area contributed by atoms with Crippen molar-refractivity contribution >= 4 is 79.2 Å². The molecule has 0 saturated carbocycles. The fraction of sp³-hybridized carbons (Fsp3) is 0.0455. The summed E-state index contributed by atoms with van der Waals surface area (Å²) < 4.78 is 1.51. The smallest absolute Gasteiger partial charge is 0.283 e. The Morgan fingerprint density at radius 2 is 1.65 bits per heavy atom. The molecule has 0 radical (unpaired) electrons. The highest BCUT2D eigenvalue weighted by Crippen LogP contribution is 2.35. The Balaban J connectivity index is 1.42. The molecule has 156 valence electrons. The maximum absolute atomic E-state index is 12.5. The van der Waals surface area contributed by atoms with E-state index in [2.05, 4.69) is 15.8 Å². The van der Waals surface area contributed by atoms with E-state index < -0.39 is 0 Å². The van der Waals surface area contributed by atoms with Gasteiger partial charge in [-0.1, -0.05) is 53.5 Å². The molecule has 0 aliphatic rings. The normalized spacial score (nSPS) is 11.5. The average Bonchev–Trinajstić information content (AvgIpc) is 3.36. The van der Waals surface area contributed by atoms with E-state index in [-0.39, 0.29) is 11.8 Å². The lowest BCUT2D eigenvalue weighted by Crippen LogP contribution is -2.18. The van der Waals surface area contributed by atoms with Crippen molar-refractivity contribution in [3.8, 4) is 0 Å². The van der Waals surface area contributed by atoms with Crippen molar-refractivity contribution in [3.05, 3.63) is 85.3 Å². The van der Waals surface area contributed by atoms with Crippen molar-refractivity contribution in [1.82, 2.24) is 5.43 Å². The largest absolute Gasteiger partial charge is 0.321 e. The number of halogens is 2. The molecule has 4 rings (SSSR count). The van der Waals surface area contributed by atoms with E-state index in [0.29, 0.717) is 30.5 Å². The van der Waals surface area contributed by atoms with Crippen LogP contribution in [0.15, 0.2) is 65.8 Å². The topological polar surface area (TPSA) is 70.6 Å². The number of amides is 2. The second-order valence-electron chi connectivity index (χ2n) is 6.51.